The van der Waals surface area contributed by atoms with E-state index in [4.69, 9.17) is 4.74 Å². The van der Waals surface area contributed by atoms with Crippen LogP contribution in [0.15, 0.2) is 54.6 Å². The minimum Gasteiger partial charge on any atom is -0.373 e. The summed E-state index contributed by atoms with van der Waals surface area (Å²) in [4.78, 5) is 16.9. The molecule has 0 spiro atoms. The average molecular weight is 380 g/mol. The predicted molar refractivity (Wildman–Crippen MR) is 113 cm³/mol. The van der Waals surface area contributed by atoms with E-state index in [1.54, 1.807) is 0 Å². The zero-order valence-corrected chi connectivity index (χ0v) is 16.5. The molecule has 0 radical (unpaired) electrons. The molecule has 0 aromatic heterocycles. The third kappa shape index (κ3) is 4.37. The summed E-state index contributed by atoms with van der Waals surface area (Å²) in [5.41, 5.74) is 3.29. The number of nitrogens with one attached hydrogen (secondary N) is 1. The number of piperazine rings is 1. The van der Waals surface area contributed by atoms with Crippen molar-refractivity contribution < 1.29 is 9.53 Å². The number of para-hydroxylation sites is 2. The number of carbonyl (C=O) groups is 1. The molecule has 0 saturated carbocycles. The highest BCUT2D eigenvalue weighted by molar-refractivity contribution is 5.94. The number of carbonyl (C=O) groups excluding carboxylic acids is 1. The van der Waals surface area contributed by atoms with Gasteiger partial charge in [-0.05, 0) is 31.5 Å². The van der Waals surface area contributed by atoms with Gasteiger partial charge in [-0.1, -0.05) is 36.4 Å². The van der Waals surface area contributed by atoms with Crippen molar-refractivity contribution in [3.63, 3.8) is 0 Å². The van der Waals surface area contributed by atoms with Crippen LogP contribution in [-0.4, -0.2) is 49.6 Å². The van der Waals surface area contributed by atoms with E-state index < -0.39 is 0 Å². The summed E-state index contributed by atoms with van der Waals surface area (Å²) < 4.78 is 6.09. The predicted octanol–water partition coefficient (Wildman–Crippen LogP) is 3.69. The monoisotopic (exact) mass is 379 g/mol. The summed E-state index contributed by atoms with van der Waals surface area (Å²) in [6.07, 6.45) is 1.26. The number of hydrogen-bond donors (Lipinski definition) is 1. The van der Waals surface area contributed by atoms with Crippen LogP contribution in [0.4, 0.5) is 11.4 Å². The SMILES string of the molecule is CC1CN(CCCOC2CC(=O)Nc3ccccc32)CCN1c1ccccc1. The lowest BCUT2D eigenvalue weighted by atomic mass is 10.00. The van der Waals surface area contributed by atoms with Crippen molar-refractivity contribution in [2.75, 3.05) is 43.0 Å². The van der Waals surface area contributed by atoms with Gasteiger partial charge in [-0.15, -0.1) is 0 Å². The Morgan fingerprint density at radius 1 is 1.07 bits per heavy atom. The number of anilines is 2. The van der Waals surface area contributed by atoms with Gasteiger partial charge in [-0.25, -0.2) is 0 Å². The second-order valence-electron chi connectivity index (χ2n) is 7.73. The Morgan fingerprint density at radius 3 is 2.68 bits per heavy atom. The molecule has 5 heteroatoms. The largest absolute Gasteiger partial charge is 0.373 e. The van der Waals surface area contributed by atoms with Gasteiger partial charge in [0.25, 0.3) is 0 Å². The Kier molecular flexibility index (Phi) is 5.93. The Hall–Kier alpha value is -2.37. The minimum absolute atomic E-state index is 0.0366. The fourth-order valence-electron chi connectivity index (χ4n) is 4.27. The minimum atomic E-state index is -0.126. The van der Waals surface area contributed by atoms with Crippen molar-refractivity contribution in [3.05, 3.63) is 60.2 Å². The zero-order chi connectivity index (χ0) is 19.3. The van der Waals surface area contributed by atoms with E-state index in [9.17, 15) is 4.79 Å². The van der Waals surface area contributed by atoms with Crippen LogP contribution < -0.4 is 10.2 Å². The number of nitrogens with zero attached hydrogens (tertiary/aromatic N) is 2. The number of benzene rings is 2. The molecule has 2 heterocycles. The molecular formula is C23H29N3O2. The van der Waals surface area contributed by atoms with Crippen molar-refractivity contribution in [1.82, 2.24) is 4.90 Å². The van der Waals surface area contributed by atoms with Crippen molar-refractivity contribution in [3.8, 4) is 0 Å². The van der Waals surface area contributed by atoms with Crippen LogP contribution in [0.25, 0.3) is 0 Å². The molecule has 2 aromatic carbocycles. The second kappa shape index (κ2) is 8.76. The summed E-state index contributed by atoms with van der Waals surface area (Å²) in [5, 5.41) is 2.92. The van der Waals surface area contributed by atoms with Crippen molar-refractivity contribution in [2.24, 2.45) is 0 Å². The molecule has 4 rings (SSSR count). The molecule has 2 unspecified atom stereocenters. The third-order valence-corrected chi connectivity index (χ3v) is 5.69. The first-order chi connectivity index (χ1) is 13.7. The van der Waals surface area contributed by atoms with E-state index in [1.165, 1.54) is 5.69 Å². The van der Waals surface area contributed by atoms with Gasteiger partial charge in [0.1, 0.15) is 0 Å². The summed E-state index contributed by atoms with van der Waals surface area (Å²) in [6, 6.07) is 19.1. The summed E-state index contributed by atoms with van der Waals surface area (Å²) in [6.45, 7) is 7.22. The van der Waals surface area contributed by atoms with Gasteiger partial charge >= 0.3 is 0 Å². The van der Waals surface area contributed by atoms with Gasteiger partial charge in [0.2, 0.25) is 5.91 Å². The normalized spacial score (nSPS) is 22.6. The van der Waals surface area contributed by atoms with Crippen LogP contribution in [0.3, 0.4) is 0 Å². The molecule has 1 fully saturated rings. The first-order valence-corrected chi connectivity index (χ1v) is 10.2. The lowest BCUT2D eigenvalue weighted by Crippen LogP contribution is -2.52. The van der Waals surface area contributed by atoms with Crippen molar-refractivity contribution in [1.29, 1.82) is 0 Å². The van der Waals surface area contributed by atoms with Gasteiger partial charge in [0.15, 0.2) is 0 Å². The van der Waals surface area contributed by atoms with Crippen LogP contribution in [0.5, 0.6) is 0 Å². The molecule has 2 aliphatic rings. The zero-order valence-electron chi connectivity index (χ0n) is 16.5. The van der Waals surface area contributed by atoms with E-state index in [0.29, 0.717) is 19.1 Å². The first-order valence-electron chi connectivity index (χ1n) is 10.2. The van der Waals surface area contributed by atoms with E-state index in [0.717, 1.165) is 43.9 Å². The Morgan fingerprint density at radius 2 is 1.86 bits per heavy atom. The second-order valence-corrected chi connectivity index (χ2v) is 7.73. The Bertz CT molecular complexity index is 795. The fourth-order valence-corrected chi connectivity index (χ4v) is 4.27. The molecule has 0 aliphatic carbocycles. The smallest absolute Gasteiger partial charge is 0.227 e. The molecule has 2 atom stereocenters. The quantitative estimate of drug-likeness (QED) is 0.778. The molecular weight excluding hydrogens is 350 g/mol. The lowest BCUT2D eigenvalue weighted by Gasteiger charge is -2.41. The Labute approximate surface area is 167 Å². The highest BCUT2D eigenvalue weighted by Crippen LogP contribution is 2.32. The van der Waals surface area contributed by atoms with Crippen molar-refractivity contribution >= 4 is 17.3 Å². The molecule has 5 nitrogen and oxygen atoms in total. The van der Waals surface area contributed by atoms with E-state index >= 15 is 0 Å². The number of hydrogen-bond acceptors (Lipinski definition) is 4. The van der Waals surface area contributed by atoms with Gasteiger partial charge in [0.05, 0.1) is 12.5 Å². The topological polar surface area (TPSA) is 44.8 Å². The van der Waals surface area contributed by atoms with E-state index in [1.807, 2.05) is 24.3 Å². The molecule has 1 saturated heterocycles. The number of ether oxygens (including phenoxy) is 1. The molecule has 2 aromatic rings. The summed E-state index contributed by atoms with van der Waals surface area (Å²) >= 11 is 0. The standard InChI is InChI=1S/C23H29N3O2/c1-18-17-25(13-14-26(18)19-8-3-2-4-9-19)12-7-15-28-22-16-23(27)24-21-11-6-5-10-20(21)22/h2-6,8-11,18,22H,7,12-17H2,1H3,(H,24,27). The Balaban J connectivity index is 1.23. The van der Waals surface area contributed by atoms with Crippen LogP contribution in [0.2, 0.25) is 0 Å². The number of amides is 1. The number of fused-ring (bicyclic) bond motifs is 1. The molecule has 28 heavy (non-hydrogen) atoms. The van der Waals surface area contributed by atoms with Crippen LogP contribution in [0, 0.1) is 0 Å². The molecule has 1 amide bonds. The molecule has 0 bridgehead atoms. The average Bonchev–Trinajstić information content (AvgIpc) is 2.71. The lowest BCUT2D eigenvalue weighted by molar-refractivity contribution is -0.119. The van der Waals surface area contributed by atoms with E-state index in [-0.39, 0.29) is 12.0 Å². The van der Waals surface area contributed by atoms with Crippen LogP contribution in [-0.2, 0) is 9.53 Å². The van der Waals surface area contributed by atoms with E-state index in [2.05, 4.69) is 52.4 Å². The highest BCUT2D eigenvalue weighted by Gasteiger charge is 2.26. The van der Waals surface area contributed by atoms with Crippen LogP contribution in [0.1, 0.15) is 31.4 Å². The maximum atomic E-state index is 11.9. The summed E-state index contributed by atoms with van der Waals surface area (Å²) in [7, 11) is 0. The third-order valence-electron chi connectivity index (χ3n) is 5.69. The van der Waals surface area contributed by atoms with Gasteiger partial charge in [0, 0.05) is 55.8 Å². The van der Waals surface area contributed by atoms with Crippen molar-refractivity contribution in [2.45, 2.75) is 31.9 Å². The highest BCUT2D eigenvalue weighted by atomic mass is 16.5. The maximum Gasteiger partial charge on any atom is 0.227 e. The van der Waals surface area contributed by atoms with Crippen LogP contribution >= 0.6 is 0 Å². The number of rotatable bonds is 6. The van der Waals surface area contributed by atoms with Gasteiger partial charge < -0.3 is 15.0 Å². The maximum absolute atomic E-state index is 11.9. The fraction of sp³-hybridized carbons (Fsp3) is 0.435. The molecule has 148 valence electrons. The van der Waals surface area contributed by atoms with Gasteiger partial charge in [-0.2, -0.15) is 0 Å². The summed E-state index contributed by atoms with van der Waals surface area (Å²) in [5.74, 6) is 0.0366. The van der Waals surface area contributed by atoms with Gasteiger partial charge in [-0.3, -0.25) is 9.69 Å². The first kappa shape index (κ1) is 19.0. The molecule has 2 aliphatic heterocycles. The molecule has 1 N–H and O–H groups in total.